The van der Waals surface area contributed by atoms with Gasteiger partial charge in [0, 0.05) is 6.54 Å². The van der Waals surface area contributed by atoms with Crippen LogP contribution in [-0.2, 0) is 9.59 Å². The molecule has 0 aromatic heterocycles. The van der Waals surface area contributed by atoms with Crippen LogP contribution in [0.5, 0.6) is 5.75 Å². The summed E-state index contributed by atoms with van der Waals surface area (Å²) >= 11 is 0. The quantitative estimate of drug-likeness (QED) is 0.795. The van der Waals surface area contributed by atoms with Gasteiger partial charge in [-0.2, -0.15) is 8.78 Å². The second-order valence-corrected chi connectivity index (χ2v) is 5.71. The van der Waals surface area contributed by atoms with Crippen molar-refractivity contribution in [1.82, 2.24) is 4.90 Å². The van der Waals surface area contributed by atoms with Crippen LogP contribution in [0.15, 0.2) is 24.3 Å². The Kier molecular flexibility index (Phi) is 8.05. The highest BCUT2D eigenvalue weighted by Crippen LogP contribution is 2.26. The van der Waals surface area contributed by atoms with Gasteiger partial charge in [-0.15, -0.1) is 12.4 Å². The number of aliphatic carboxylic acids is 1. The molecule has 0 bridgehead atoms. The summed E-state index contributed by atoms with van der Waals surface area (Å²) in [7, 11) is 0. The van der Waals surface area contributed by atoms with Crippen LogP contribution in [0.2, 0.25) is 0 Å². The van der Waals surface area contributed by atoms with E-state index in [1.54, 1.807) is 17.9 Å². The molecule has 0 saturated carbocycles. The van der Waals surface area contributed by atoms with E-state index in [0.717, 1.165) is 0 Å². The standard InChI is InChI=1S/C16H20F2N2O4.ClH/c1-10(20-8-4-5-11(9-20)15(22)23)14(21)19-12-6-2-3-7-13(12)24-16(17)18;/h2-3,6-7,10-11,16H,4-5,8-9H2,1H3,(H,19,21)(H,22,23);1H. The van der Waals surface area contributed by atoms with Crippen molar-refractivity contribution >= 4 is 30.0 Å². The molecule has 0 aliphatic carbocycles. The van der Waals surface area contributed by atoms with Gasteiger partial charge in [-0.05, 0) is 38.4 Å². The molecule has 2 N–H and O–H groups in total. The summed E-state index contributed by atoms with van der Waals surface area (Å²) in [5.74, 6) is -1.88. The van der Waals surface area contributed by atoms with Gasteiger partial charge >= 0.3 is 12.6 Å². The highest BCUT2D eigenvalue weighted by molar-refractivity contribution is 5.95. The number of likely N-dealkylation sites (tertiary alicyclic amines) is 1. The molecular weight excluding hydrogens is 358 g/mol. The minimum Gasteiger partial charge on any atom is -0.481 e. The number of piperidine rings is 1. The minimum absolute atomic E-state index is 0. The predicted molar refractivity (Wildman–Crippen MR) is 90.3 cm³/mol. The van der Waals surface area contributed by atoms with Gasteiger partial charge in [-0.25, -0.2) is 0 Å². The van der Waals surface area contributed by atoms with Crippen molar-refractivity contribution in [2.75, 3.05) is 18.4 Å². The van der Waals surface area contributed by atoms with E-state index in [4.69, 9.17) is 5.11 Å². The number of ether oxygens (including phenoxy) is 1. The lowest BCUT2D eigenvalue weighted by atomic mass is 9.97. The highest BCUT2D eigenvalue weighted by atomic mass is 35.5. The predicted octanol–water partition coefficient (Wildman–Crippen LogP) is 2.83. The fourth-order valence-electron chi connectivity index (χ4n) is 2.73. The lowest BCUT2D eigenvalue weighted by Crippen LogP contribution is -2.48. The molecule has 1 fully saturated rings. The Morgan fingerprint density at radius 2 is 2.04 bits per heavy atom. The highest BCUT2D eigenvalue weighted by Gasteiger charge is 2.31. The van der Waals surface area contributed by atoms with Crippen LogP contribution >= 0.6 is 12.4 Å². The van der Waals surface area contributed by atoms with Crippen LogP contribution in [0.4, 0.5) is 14.5 Å². The van der Waals surface area contributed by atoms with Gasteiger partial charge in [0.15, 0.2) is 0 Å². The van der Waals surface area contributed by atoms with Crippen LogP contribution in [-0.4, -0.2) is 47.6 Å². The second-order valence-electron chi connectivity index (χ2n) is 5.71. The average molecular weight is 379 g/mol. The molecule has 1 aromatic rings. The monoisotopic (exact) mass is 378 g/mol. The van der Waals surface area contributed by atoms with Crippen LogP contribution in [0.1, 0.15) is 19.8 Å². The number of carboxylic acid groups (broad SMARTS) is 1. The summed E-state index contributed by atoms with van der Waals surface area (Å²) in [5.41, 5.74) is 0.154. The summed E-state index contributed by atoms with van der Waals surface area (Å²) in [6, 6.07) is 5.36. The van der Waals surface area contributed by atoms with Crippen molar-refractivity contribution in [1.29, 1.82) is 0 Å². The van der Waals surface area contributed by atoms with Crippen molar-refractivity contribution in [2.45, 2.75) is 32.4 Å². The van der Waals surface area contributed by atoms with E-state index < -0.39 is 30.4 Å². The molecule has 2 rings (SSSR count). The first-order chi connectivity index (χ1) is 11.4. The zero-order valence-electron chi connectivity index (χ0n) is 13.7. The Morgan fingerprint density at radius 3 is 2.68 bits per heavy atom. The normalized spacial score (nSPS) is 19.0. The van der Waals surface area contributed by atoms with Crippen LogP contribution < -0.4 is 10.1 Å². The topological polar surface area (TPSA) is 78.9 Å². The molecule has 6 nitrogen and oxygen atoms in total. The third-order valence-electron chi connectivity index (χ3n) is 4.09. The van der Waals surface area contributed by atoms with E-state index in [9.17, 15) is 18.4 Å². The van der Waals surface area contributed by atoms with Gasteiger partial charge < -0.3 is 15.2 Å². The zero-order valence-corrected chi connectivity index (χ0v) is 14.5. The Bertz CT molecular complexity index is 603. The van der Waals surface area contributed by atoms with Crippen molar-refractivity contribution in [3.8, 4) is 5.75 Å². The first kappa shape index (κ1) is 21.1. The number of halogens is 3. The van der Waals surface area contributed by atoms with Crippen molar-refractivity contribution in [2.24, 2.45) is 5.92 Å². The van der Waals surface area contributed by atoms with Gasteiger partial charge in [-0.1, -0.05) is 12.1 Å². The third kappa shape index (κ3) is 5.82. The Balaban J connectivity index is 0.00000312. The number of benzene rings is 1. The molecule has 1 aliphatic rings. The van der Waals surface area contributed by atoms with Gasteiger partial charge in [0.25, 0.3) is 0 Å². The second kappa shape index (κ2) is 9.53. The fourth-order valence-corrected chi connectivity index (χ4v) is 2.73. The molecule has 0 radical (unpaired) electrons. The molecule has 0 spiro atoms. The number of rotatable bonds is 6. The Morgan fingerprint density at radius 1 is 1.36 bits per heavy atom. The van der Waals surface area contributed by atoms with E-state index in [2.05, 4.69) is 10.1 Å². The Hall–Kier alpha value is -1.93. The number of carbonyl (C=O) groups excluding carboxylic acids is 1. The number of amides is 1. The summed E-state index contributed by atoms with van der Waals surface area (Å²) < 4.78 is 29.2. The molecular formula is C16H21ClF2N2O4. The van der Waals surface area contributed by atoms with E-state index in [-0.39, 0.29) is 23.8 Å². The first-order valence-electron chi connectivity index (χ1n) is 7.70. The summed E-state index contributed by atoms with van der Waals surface area (Å²) in [6.45, 7) is -0.415. The SMILES string of the molecule is CC(C(=O)Nc1ccccc1OC(F)F)N1CCCC(C(=O)O)C1.Cl. The first-order valence-corrected chi connectivity index (χ1v) is 7.70. The van der Waals surface area contributed by atoms with Crippen LogP contribution in [0.25, 0.3) is 0 Å². The van der Waals surface area contributed by atoms with E-state index in [1.807, 2.05) is 0 Å². The number of carboxylic acids is 1. The molecule has 9 heteroatoms. The van der Waals surface area contributed by atoms with Crippen molar-refractivity contribution in [3.05, 3.63) is 24.3 Å². The van der Waals surface area contributed by atoms with E-state index in [0.29, 0.717) is 25.9 Å². The lowest BCUT2D eigenvalue weighted by molar-refractivity contribution is -0.144. The maximum Gasteiger partial charge on any atom is 0.387 e. The van der Waals surface area contributed by atoms with E-state index in [1.165, 1.54) is 18.2 Å². The zero-order chi connectivity index (χ0) is 17.7. The average Bonchev–Trinajstić information content (AvgIpc) is 2.55. The Labute approximate surface area is 150 Å². The van der Waals surface area contributed by atoms with Crippen LogP contribution in [0.3, 0.4) is 0 Å². The third-order valence-corrected chi connectivity index (χ3v) is 4.09. The molecule has 25 heavy (non-hydrogen) atoms. The number of nitrogens with zero attached hydrogens (tertiary/aromatic N) is 1. The number of para-hydroxylation sites is 2. The largest absolute Gasteiger partial charge is 0.481 e. The molecule has 2 atom stereocenters. The molecule has 140 valence electrons. The summed E-state index contributed by atoms with van der Waals surface area (Å²) in [4.78, 5) is 25.3. The molecule has 2 unspecified atom stereocenters. The summed E-state index contributed by atoms with van der Waals surface area (Å²) in [6.07, 6.45) is 1.28. The molecule has 1 saturated heterocycles. The smallest absolute Gasteiger partial charge is 0.387 e. The van der Waals surface area contributed by atoms with Crippen molar-refractivity contribution in [3.63, 3.8) is 0 Å². The minimum atomic E-state index is -2.99. The maximum absolute atomic E-state index is 12.4. The van der Waals surface area contributed by atoms with Crippen molar-refractivity contribution < 1.29 is 28.2 Å². The number of anilines is 1. The van der Waals surface area contributed by atoms with Gasteiger partial charge in [0.2, 0.25) is 5.91 Å². The molecule has 1 amide bonds. The van der Waals surface area contributed by atoms with E-state index >= 15 is 0 Å². The van der Waals surface area contributed by atoms with Gasteiger partial charge in [0.1, 0.15) is 5.75 Å². The lowest BCUT2D eigenvalue weighted by Gasteiger charge is -2.34. The number of hydrogen-bond donors (Lipinski definition) is 2. The number of carbonyl (C=O) groups is 2. The van der Waals surface area contributed by atoms with Gasteiger partial charge in [0.05, 0.1) is 17.6 Å². The molecule has 1 aromatic carbocycles. The molecule has 1 heterocycles. The maximum atomic E-state index is 12.4. The fraction of sp³-hybridized carbons (Fsp3) is 0.500. The number of nitrogens with one attached hydrogen (secondary N) is 1. The van der Waals surface area contributed by atoms with Crippen LogP contribution in [0, 0.1) is 5.92 Å². The number of hydrogen-bond acceptors (Lipinski definition) is 4. The van der Waals surface area contributed by atoms with Gasteiger partial charge in [-0.3, -0.25) is 14.5 Å². The molecule has 1 aliphatic heterocycles. The number of alkyl halides is 2. The summed E-state index contributed by atoms with van der Waals surface area (Å²) in [5, 5.41) is 11.7.